The predicted octanol–water partition coefficient (Wildman–Crippen LogP) is 3.09. The smallest absolute Gasteiger partial charge is 0.230 e. The highest BCUT2D eigenvalue weighted by atomic mass is 16.5. The second kappa shape index (κ2) is 9.18. The fourth-order valence-electron chi connectivity index (χ4n) is 3.63. The number of nitrogens with zero attached hydrogens (tertiary/aromatic N) is 4. The normalized spacial score (nSPS) is 14.1. The van der Waals surface area contributed by atoms with Crippen molar-refractivity contribution >= 4 is 22.8 Å². The third kappa shape index (κ3) is 4.69. The summed E-state index contributed by atoms with van der Waals surface area (Å²) >= 11 is 0. The molecule has 0 bridgehead atoms. The maximum Gasteiger partial charge on any atom is 0.230 e. The second-order valence-corrected chi connectivity index (χ2v) is 7.55. The van der Waals surface area contributed by atoms with Gasteiger partial charge >= 0.3 is 0 Å². The van der Waals surface area contributed by atoms with E-state index in [-0.39, 0.29) is 0 Å². The molecule has 0 amide bonds. The number of benzene rings is 2. The minimum Gasteiger partial charge on any atom is -0.493 e. The van der Waals surface area contributed by atoms with Gasteiger partial charge < -0.3 is 14.8 Å². The molecule has 2 N–H and O–H groups in total. The van der Waals surface area contributed by atoms with Gasteiger partial charge in [0.05, 0.1) is 38.8 Å². The molecule has 0 saturated carbocycles. The first-order valence-electron chi connectivity index (χ1n) is 10.3. The Labute approximate surface area is 182 Å². The SMILES string of the molecule is COc1ccc(CCN2CN=C(Nc3nc(C)c4cccc(C)c4n3)NC2)cc1OC. The lowest BCUT2D eigenvalue weighted by Crippen LogP contribution is -2.46. The van der Waals surface area contributed by atoms with E-state index in [9.17, 15) is 0 Å². The summed E-state index contributed by atoms with van der Waals surface area (Å²) in [6, 6.07) is 12.2. The molecule has 1 aliphatic rings. The summed E-state index contributed by atoms with van der Waals surface area (Å²) in [5.41, 5.74) is 4.24. The number of fused-ring (bicyclic) bond motifs is 1. The van der Waals surface area contributed by atoms with Crippen molar-refractivity contribution < 1.29 is 9.47 Å². The van der Waals surface area contributed by atoms with Crippen LogP contribution in [0.2, 0.25) is 0 Å². The molecule has 0 radical (unpaired) electrons. The molecule has 2 aromatic carbocycles. The fraction of sp³-hybridized carbons (Fsp3) is 0.348. The van der Waals surface area contributed by atoms with Gasteiger partial charge in [-0.25, -0.2) is 15.0 Å². The lowest BCUT2D eigenvalue weighted by molar-refractivity contribution is 0.268. The van der Waals surface area contributed by atoms with Crippen molar-refractivity contribution in [3.8, 4) is 11.5 Å². The maximum atomic E-state index is 5.39. The van der Waals surface area contributed by atoms with Crippen molar-refractivity contribution in [3.63, 3.8) is 0 Å². The van der Waals surface area contributed by atoms with Crippen LogP contribution in [0.15, 0.2) is 41.4 Å². The number of para-hydroxylation sites is 1. The van der Waals surface area contributed by atoms with Gasteiger partial charge in [-0.3, -0.25) is 10.2 Å². The number of ether oxygens (including phenoxy) is 2. The molecule has 1 aromatic heterocycles. The van der Waals surface area contributed by atoms with E-state index in [1.165, 1.54) is 5.56 Å². The quantitative estimate of drug-likeness (QED) is 0.634. The number of rotatable bonds is 6. The van der Waals surface area contributed by atoms with Crippen molar-refractivity contribution in [1.29, 1.82) is 0 Å². The summed E-state index contributed by atoms with van der Waals surface area (Å²) in [5.74, 6) is 2.74. The highest BCUT2D eigenvalue weighted by molar-refractivity contribution is 5.93. The van der Waals surface area contributed by atoms with Gasteiger partial charge in [0, 0.05) is 11.9 Å². The van der Waals surface area contributed by atoms with Crippen LogP contribution in [-0.4, -0.2) is 54.9 Å². The molecule has 3 aromatic rings. The number of methoxy groups -OCH3 is 2. The molecule has 0 unspecified atom stereocenters. The number of aromatic nitrogens is 2. The zero-order chi connectivity index (χ0) is 21.8. The summed E-state index contributed by atoms with van der Waals surface area (Å²) in [4.78, 5) is 16.1. The molecular weight excluding hydrogens is 392 g/mol. The van der Waals surface area contributed by atoms with Gasteiger partial charge in [0.25, 0.3) is 0 Å². The maximum absolute atomic E-state index is 5.39. The molecule has 0 fully saturated rings. The minimum absolute atomic E-state index is 0.560. The van der Waals surface area contributed by atoms with Crippen LogP contribution in [0.3, 0.4) is 0 Å². The summed E-state index contributed by atoms with van der Waals surface area (Å²) < 4.78 is 10.7. The number of nitrogens with one attached hydrogen (secondary N) is 2. The molecular formula is C23H28N6O2. The number of aryl methyl sites for hydroxylation is 2. The largest absolute Gasteiger partial charge is 0.493 e. The lowest BCUT2D eigenvalue weighted by atomic mass is 10.1. The molecule has 31 heavy (non-hydrogen) atoms. The van der Waals surface area contributed by atoms with Crippen LogP contribution in [0, 0.1) is 13.8 Å². The standard InChI is InChI=1S/C23H28N6O2/c1-15-6-5-7-18-16(2)26-23(27-21(15)18)28-22-24-13-29(14-25-22)11-10-17-8-9-19(30-3)20(12-17)31-4/h5-9,12H,10-11,13-14H2,1-4H3,(H2,24,25,26,27,28). The Morgan fingerprint density at radius 1 is 1.06 bits per heavy atom. The average Bonchev–Trinajstić information content (AvgIpc) is 2.79. The van der Waals surface area contributed by atoms with Crippen molar-refractivity contribution in [3.05, 3.63) is 53.2 Å². The Hall–Kier alpha value is -3.39. The summed E-state index contributed by atoms with van der Waals surface area (Å²) in [6.45, 7) is 6.24. The van der Waals surface area contributed by atoms with Crippen LogP contribution in [0.4, 0.5) is 5.95 Å². The van der Waals surface area contributed by atoms with Gasteiger partial charge in [-0.2, -0.15) is 0 Å². The van der Waals surface area contributed by atoms with Crippen molar-refractivity contribution in [2.24, 2.45) is 4.99 Å². The van der Waals surface area contributed by atoms with Gasteiger partial charge in [0.2, 0.25) is 11.9 Å². The predicted molar refractivity (Wildman–Crippen MR) is 123 cm³/mol. The van der Waals surface area contributed by atoms with Gasteiger partial charge in [0.1, 0.15) is 0 Å². The highest BCUT2D eigenvalue weighted by Gasteiger charge is 2.14. The van der Waals surface area contributed by atoms with E-state index in [0.29, 0.717) is 25.2 Å². The molecule has 0 saturated heterocycles. The molecule has 8 nitrogen and oxygen atoms in total. The third-order valence-corrected chi connectivity index (χ3v) is 5.41. The van der Waals surface area contributed by atoms with E-state index in [0.717, 1.165) is 46.6 Å². The van der Waals surface area contributed by atoms with E-state index in [2.05, 4.69) is 49.6 Å². The van der Waals surface area contributed by atoms with Crippen LogP contribution < -0.4 is 20.1 Å². The first-order chi connectivity index (χ1) is 15.1. The van der Waals surface area contributed by atoms with Crippen LogP contribution in [-0.2, 0) is 6.42 Å². The molecule has 0 atom stereocenters. The van der Waals surface area contributed by atoms with E-state index >= 15 is 0 Å². The molecule has 162 valence electrons. The number of guanidine groups is 1. The molecule has 8 heteroatoms. The average molecular weight is 421 g/mol. The summed E-state index contributed by atoms with van der Waals surface area (Å²) in [5, 5.41) is 7.61. The third-order valence-electron chi connectivity index (χ3n) is 5.41. The Morgan fingerprint density at radius 2 is 1.90 bits per heavy atom. The topological polar surface area (TPSA) is 83.9 Å². The number of anilines is 1. The summed E-state index contributed by atoms with van der Waals surface area (Å²) in [7, 11) is 3.30. The highest BCUT2D eigenvalue weighted by Crippen LogP contribution is 2.27. The van der Waals surface area contributed by atoms with E-state index in [1.807, 2.05) is 31.2 Å². The second-order valence-electron chi connectivity index (χ2n) is 7.55. The van der Waals surface area contributed by atoms with E-state index in [4.69, 9.17) is 9.47 Å². The Balaban J connectivity index is 1.37. The first-order valence-corrected chi connectivity index (χ1v) is 10.3. The van der Waals surface area contributed by atoms with Crippen LogP contribution in [0.5, 0.6) is 11.5 Å². The molecule has 2 heterocycles. The van der Waals surface area contributed by atoms with Crippen molar-refractivity contribution in [2.45, 2.75) is 20.3 Å². The Kier molecular flexibility index (Phi) is 6.18. The van der Waals surface area contributed by atoms with E-state index < -0.39 is 0 Å². The molecule has 0 aliphatic carbocycles. The number of hydrogen-bond acceptors (Lipinski definition) is 8. The van der Waals surface area contributed by atoms with Crippen molar-refractivity contribution in [2.75, 3.05) is 39.4 Å². The minimum atomic E-state index is 0.560. The monoisotopic (exact) mass is 420 g/mol. The van der Waals surface area contributed by atoms with Gasteiger partial charge in [-0.1, -0.05) is 24.3 Å². The van der Waals surface area contributed by atoms with Gasteiger partial charge in [-0.15, -0.1) is 0 Å². The van der Waals surface area contributed by atoms with Crippen LogP contribution in [0.1, 0.15) is 16.8 Å². The Morgan fingerprint density at radius 3 is 2.65 bits per heavy atom. The number of hydrogen-bond donors (Lipinski definition) is 2. The van der Waals surface area contributed by atoms with E-state index in [1.54, 1.807) is 14.2 Å². The molecule has 4 rings (SSSR count). The van der Waals surface area contributed by atoms with Gasteiger partial charge in [0.15, 0.2) is 11.5 Å². The Bertz CT molecular complexity index is 1110. The lowest BCUT2D eigenvalue weighted by Gasteiger charge is -2.27. The van der Waals surface area contributed by atoms with Crippen LogP contribution >= 0.6 is 0 Å². The zero-order valence-corrected chi connectivity index (χ0v) is 18.4. The zero-order valence-electron chi connectivity index (χ0n) is 18.4. The molecule has 0 spiro atoms. The number of aliphatic imine (C=N–C) groups is 1. The first kappa shape index (κ1) is 20.9. The fourth-order valence-corrected chi connectivity index (χ4v) is 3.63. The summed E-state index contributed by atoms with van der Waals surface area (Å²) in [6.07, 6.45) is 0.895. The van der Waals surface area contributed by atoms with Crippen molar-refractivity contribution in [1.82, 2.24) is 20.2 Å². The van der Waals surface area contributed by atoms with Crippen LogP contribution in [0.25, 0.3) is 10.9 Å². The van der Waals surface area contributed by atoms with Gasteiger partial charge in [-0.05, 0) is 43.5 Å². The molecule has 1 aliphatic heterocycles.